The molecule has 3 heteroatoms. The molecule has 1 nitrogen and oxygen atoms in total. The maximum atomic E-state index is 4.31. The van der Waals surface area contributed by atoms with Crippen LogP contribution in [0.25, 0.3) is 9.81 Å². The van der Waals surface area contributed by atoms with E-state index in [4.69, 9.17) is 0 Å². The molecule has 88 valence electrons. The topological polar surface area (TPSA) is 12.4 Å². The van der Waals surface area contributed by atoms with Crippen LogP contribution >= 0.6 is 23.7 Å². The van der Waals surface area contributed by atoms with Crippen molar-refractivity contribution >= 4 is 39.1 Å². The third-order valence-electron chi connectivity index (χ3n) is 2.64. The summed E-state index contributed by atoms with van der Waals surface area (Å²) in [5.74, 6) is 0. The molecule has 0 saturated heterocycles. The molecule has 0 amide bonds. The van der Waals surface area contributed by atoms with Gasteiger partial charge in [-0.25, -0.2) is 4.40 Å². The standard InChI is InChI=1S/C15H11NS2/c1-3-7-12(8-4-1)14-15(18-16-11-17-14)13-9-5-2-6-10-13/h1-11H. The van der Waals surface area contributed by atoms with Gasteiger partial charge in [-0.1, -0.05) is 72.4 Å². The van der Waals surface area contributed by atoms with Gasteiger partial charge in [0.05, 0.1) is 10.5 Å². The van der Waals surface area contributed by atoms with Crippen LogP contribution in [0.1, 0.15) is 11.1 Å². The first-order valence-corrected chi connectivity index (χ1v) is 7.31. The van der Waals surface area contributed by atoms with E-state index in [-0.39, 0.29) is 0 Å². The molecule has 0 bridgehead atoms. The summed E-state index contributed by atoms with van der Waals surface area (Å²) in [6.07, 6.45) is 0. The molecule has 0 unspecified atom stereocenters. The van der Waals surface area contributed by atoms with Crippen molar-refractivity contribution in [3.8, 4) is 0 Å². The summed E-state index contributed by atoms with van der Waals surface area (Å²) < 4.78 is 4.31. The number of hydrogen-bond donors (Lipinski definition) is 0. The van der Waals surface area contributed by atoms with Crippen LogP contribution in [0.15, 0.2) is 65.1 Å². The molecule has 1 aliphatic heterocycles. The zero-order chi connectivity index (χ0) is 12.2. The van der Waals surface area contributed by atoms with Crippen molar-refractivity contribution in [1.29, 1.82) is 0 Å². The van der Waals surface area contributed by atoms with E-state index in [9.17, 15) is 0 Å². The minimum absolute atomic E-state index is 1.23. The second-order valence-electron chi connectivity index (χ2n) is 3.81. The van der Waals surface area contributed by atoms with Crippen molar-refractivity contribution in [2.24, 2.45) is 4.40 Å². The number of hydrogen-bond acceptors (Lipinski definition) is 3. The summed E-state index contributed by atoms with van der Waals surface area (Å²) in [7, 11) is 0. The van der Waals surface area contributed by atoms with Gasteiger partial charge in [0.1, 0.15) is 0 Å². The summed E-state index contributed by atoms with van der Waals surface area (Å²) in [5, 5.41) is 0. The SMILES string of the molecule is C1=NSC(c2ccccc2)=C(c2ccccc2)S1. The van der Waals surface area contributed by atoms with E-state index in [1.807, 2.05) is 17.7 Å². The number of benzene rings is 2. The predicted molar refractivity (Wildman–Crippen MR) is 83.4 cm³/mol. The fraction of sp³-hybridized carbons (Fsp3) is 0. The largest absolute Gasteiger partial charge is 0.212 e. The summed E-state index contributed by atoms with van der Waals surface area (Å²) >= 11 is 3.23. The lowest BCUT2D eigenvalue weighted by Crippen LogP contribution is -1.89. The molecular formula is C15H11NS2. The Bertz CT molecular complexity index is 535. The van der Waals surface area contributed by atoms with E-state index in [0.717, 1.165) is 0 Å². The first kappa shape index (κ1) is 11.6. The molecule has 0 aromatic heterocycles. The van der Waals surface area contributed by atoms with Gasteiger partial charge in [-0.15, -0.1) is 0 Å². The maximum absolute atomic E-state index is 4.31. The zero-order valence-electron chi connectivity index (χ0n) is 9.61. The highest BCUT2D eigenvalue weighted by Crippen LogP contribution is 2.44. The predicted octanol–water partition coefficient (Wildman–Crippen LogP) is 4.94. The van der Waals surface area contributed by atoms with Crippen LogP contribution in [-0.2, 0) is 0 Å². The van der Waals surface area contributed by atoms with Gasteiger partial charge < -0.3 is 0 Å². The Balaban J connectivity index is 2.10. The summed E-state index contributed by atoms with van der Waals surface area (Å²) in [4.78, 5) is 2.51. The average molecular weight is 269 g/mol. The van der Waals surface area contributed by atoms with Gasteiger partial charge in [-0.05, 0) is 11.1 Å². The van der Waals surface area contributed by atoms with Crippen molar-refractivity contribution in [2.75, 3.05) is 0 Å². The van der Waals surface area contributed by atoms with Crippen LogP contribution in [0.2, 0.25) is 0 Å². The van der Waals surface area contributed by atoms with Crippen molar-refractivity contribution in [3.63, 3.8) is 0 Å². The molecule has 1 heterocycles. The Morgan fingerprint density at radius 2 is 1.22 bits per heavy atom. The van der Waals surface area contributed by atoms with E-state index in [1.54, 1.807) is 23.7 Å². The van der Waals surface area contributed by atoms with E-state index in [2.05, 4.69) is 52.9 Å². The molecule has 2 aromatic rings. The van der Waals surface area contributed by atoms with Gasteiger partial charge in [0.15, 0.2) is 0 Å². The van der Waals surface area contributed by atoms with Crippen molar-refractivity contribution in [3.05, 3.63) is 71.8 Å². The van der Waals surface area contributed by atoms with Crippen molar-refractivity contribution < 1.29 is 0 Å². The quantitative estimate of drug-likeness (QED) is 0.716. The molecule has 0 radical (unpaired) electrons. The zero-order valence-corrected chi connectivity index (χ0v) is 11.2. The van der Waals surface area contributed by atoms with Gasteiger partial charge in [-0.3, -0.25) is 0 Å². The maximum Gasteiger partial charge on any atom is 0.0733 e. The van der Waals surface area contributed by atoms with E-state index >= 15 is 0 Å². The van der Waals surface area contributed by atoms with Crippen molar-refractivity contribution in [1.82, 2.24) is 0 Å². The Labute approximate surface area is 115 Å². The van der Waals surface area contributed by atoms with Crippen LogP contribution in [0.4, 0.5) is 0 Å². The summed E-state index contributed by atoms with van der Waals surface area (Å²) in [5.41, 5.74) is 4.38. The Morgan fingerprint density at radius 1 is 0.667 bits per heavy atom. The molecule has 2 aromatic carbocycles. The molecule has 0 atom stereocenters. The van der Waals surface area contributed by atoms with Crippen LogP contribution in [0.3, 0.4) is 0 Å². The fourth-order valence-electron chi connectivity index (χ4n) is 1.81. The highest BCUT2D eigenvalue weighted by Gasteiger charge is 2.15. The number of thioether (sulfide) groups is 1. The molecule has 0 N–H and O–H groups in total. The second-order valence-corrected chi connectivity index (χ2v) is 5.47. The molecule has 0 saturated carbocycles. The molecular weight excluding hydrogens is 258 g/mol. The minimum Gasteiger partial charge on any atom is -0.212 e. The number of nitrogens with zero attached hydrogens (tertiary/aromatic N) is 1. The normalized spacial score (nSPS) is 14.9. The molecule has 1 aliphatic rings. The highest BCUT2D eigenvalue weighted by molar-refractivity contribution is 8.24. The highest BCUT2D eigenvalue weighted by atomic mass is 32.2. The molecule has 18 heavy (non-hydrogen) atoms. The molecule has 0 spiro atoms. The van der Waals surface area contributed by atoms with Gasteiger partial charge in [0, 0.05) is 16.9 Å². The van der Waals surface area contributed by atoms with Gasteiger partial charge >= 0.3 is 0 Å². The molecule has 3 rings (SSSR count). The summed E-state index contributed by atoms with van der Waals surface area (Å²) in [6.45, 7) is 0. The molecule has 0 aliphatic carbocycles. The van der Waals surface area contributed by atoms with Gasteiger partial charge in [-0.2, -0.15) is 0 Å². The van der Waals surface area contributed by atoms with E-state index in [1.165, 1.54) is 20.9 Å². The van der Waals surface area contributed by atoms with E-state index < -0.39 is 0 Å². The fourth-order valence-corrected chi connectivity index (χ4v) is 3.56. The van der Waals surface area contributed by atoms with Gasteiger partial charge in [0.25, 0.3) is 0 Å². The third kappa shape index (κ3) is 2.37. The Kier molecular flexibility index (Phi) is 3.53. The molecule has 0 fully saturated rings. The lowest BCUT2D eigenvalue weighted by Gasteiger charge is -2.14. The minimum atomic E-state index is 1.23. The Morgan fingerprint density at radius 3 is 1.83 bits per heavy atom. The van der Waals surface area contributed by atoms with Crippen LogP contribution in [-0.4, -0.2) is 5.55 Å². The monoisotopic (exact) mass is 269 g/mol. The third-order valence-corrected chi connectivity index (χ3v) is 4.62. The van der Waals surface area contributed by atoms with Crippen LogP contribution in [0.5, 0.6) is 0 Å². The van der Waals surface area contributed by atoms with Crippen LogP contribution in [0, 0.1) is 0 Å². The lowest BCUT2D eigenvalue weighted by molar-refractivity contribution is 1.63. The first-order chi connectivity index (χ1) is 8.95. The van der Waals surface area contributed by atoms with Gasteiger partial charge in [0.2, 0.25) is 0 Å². The second kappa shape index (κ2) is 5.46. The number of rotatable bonds is 2. The van der Waals surface area contributed by atoms with E-state index in [0.29, 0.717) is 0 Å². The first-order valence-electron chi connectivity index (χ1n) is 5.66. The van der Waals surface area contributed by atoms with Crippen molar-refractivity contribution in [2.45, 2.75) is 0 Å². The summed E-state index contributed by atoms with van der Waals surface area (Å²) in [6, 6.07) is 20.9. The average Bonchev–Trinajstić information content (AvgIpc) is 2.49. The smallest absolute Gasteiger partial charge is 0.0733 e. The van der Waals surface area contributed by atoms with Crippen LogP contribution < -0.4 is 0 Å². The Hall–Kier alpha value is -1.45. The lowest BCUT2D eigenvalue weighted by atomic mass is 10.1.